The third-order valence-electron chi connectivity index (χ3n) is 3.48. The quantitative estimate of drug-likeness (QED) is 0.778. The van der Waals surface area contributed by atoms with Gasteiger partial charge in [0.25, 0.3) is 0 Å². The predicted octanol–water partition coefficient (Wildman–Crippen LogP) is 3.21. The summed E-state index contributed by atoms with van der Waals surface area (Å²) in [7, 11) is 0. The van der Waals surface area contributed by atoms with Gasteiger partial charge in [0.2, 0.25) is 0 Å². The Kier molecular flexibility index (Phi) is 4.79. The second-order valence-electron chi connectivity index (χ2n) is 5.12. The van der Waals surface area contributed by atoms with Crippen molar-refractivity contribution in [2.45, 2.75) is 46.0 Å². The lowest BCUT2D eigenvalue weighted by atomic mass is 9.83. The van der Waals surface area contributed by atoms with E-state index in [1.807, 2.05) is 13.0 Å². The lowest BCUT2D eigenvalue weighted by Gasteiger charge is -2.25. The topological polar surface area (TPSA) is 49.8 Å². The van der Waals surface area contributed by atoms with E-state index in [2.05, 4.69) is 27.5 Å². The van der Waals surface area contributed by atoms with Crippen molar-refractivity contribution < 1.29 is 0 Å². The minimum absolute atomic E-state index is 0.822. The molecule has 1 aromatic heterocycles. The molecule has 1 saturated carbocycles. The van der Waals surface area contributed by atoms with E-state index >= 15 is 0 Å². The second-order valence-corrected chi connectivity index (χ2v) is 5.12. The van der Waals surface area contributed by atoms with Crippen molar-refractivity contribution in [3.05, 3.63) is 11.9 Å². The van der Waals surface area contributed by atoms with E-state index in [4.69, 9.17) is 0 Å². The number of aromatic nitrogens is 2. The maximum absolute atomic E-state index is 4.42. The fourth-order valence-corrected chi connectivity index (χ4v) is 2.19. The highest BCUT2D eigenvalue weighted by molar-refractivity contribution is 5.47. The molecule has 0 spiro atoms. The van der Waals surface area contributed by atoms with E-state index in [9.17, 15) is 0 Å². The number of nitrogens with one attached hydrogen (secondary N) is 2. The average molecular weight is 248 g/mol. The van der Waals surface area contributed by atoms with Gasteiger partial charge in [0, 0.05) is 19.2 Å². The van der Waals surface area contributed by atoms with Crippen molar-refractivity contribution in [2.24, 2.45) is 5.92 Å². The molecule has 0 amide bonds. The van der Waals surface area contributed by atoms with Gasteiger partial charge in [0.05, 0.1) is 0 Å². The van der Waals surface area contributed by atoms with Crippen LogP contribution < -0.4 is 10.6 Å². The molecule has 0 bridgehead atoms. The average Bonchev–Trinajstić information content (AvgIpc) is 2.29. The van der Waals surface area contributed by atoms with Crippen molar-refractivity contribution in [2.75, 3.05) is 23.7 Å². The lowest BCUT2D eigenvalue weighted by molar-refractivity contribution is 0.303. The summed E-state index contributed by atoms with van der Waals surface area (Å²) in [6.07, 6.45) is 6.61. The van der Waals surface area contributed by atoms with Crippen LogP contribution in [0, 0.1) is 12.8 Å². The van der Waals surface area contributed by atoms with Crippen molar-refractivity contribution >= 4 is 11.6 Å². The summed E-state index contributed by atoms with van der Waals surface area (Å²) in [6, 6.07) is 2.00. The molecular weight excluding hydrogens is 224 g/mol. The van der Waals surface area contributed by atoms with Crippen LogP contribution in [0.3, 0.4) is 0 Å². The molecule has 100 valence electrons. The van der Waals surface area contributed by atoms with E-state index in [0.717, 1.165) is 42.9 Å². The highest BCUT2D eigenvalue weighted by Gasteiger charge is 2.16. The van der Waals surface area contributed by atoms with Gasteiger partial charge in [0.15, 0.2) is 0 Å². The molecule has 0 aromatic carbocycles. The number of hydrogen-bond donors (Lipinski definition) is 2. The molecular formula is C14H24N4. The maximum atomic E-state index is 4.42. The molecule has 0 aliphatic heterocycles. The van der Waals surface area contributed by atoms with Gasteiger partial charge in [-0.25, -0.2) is 9.97 Å². The maximum Gasteiger partial charge on any atom is 0.131 e. The van der Waals surface area contributed by atoms with Crippen molar-refractivity contribution in [1.29, 1.82) is 0 Å². The summed E-state index contributed by atoms with van der Waals surface area (Å²) in [6.45, 7) is 6.07. The van der Waals surface area contributed by atoms with E-state index in [-0.39, 0.29) is 0 Å². The minimum Gasteiger partial charge on any atom is -0.370 e. The number of hydrogen-bond acceptors (Lipinski definition) is 4. The fourth-order valence-electron chi connectivity index (χ4n) is 2.19. The van der Waals surface area contributed by atoms with Gasteiger partial charge >= 0.3 is 0 Å². The Balaban J connectivity index is 1.83. The number of aryl methyl sites for hydroxylation is 1. The van der Waals surface area contributed by atoms with Crippen LogP contribution in [0.4, 0.5) is 11.6 Å². The summed E-state index contributed by atoms with van der Waals surface area (Å²) in [5.74, 6) is 3.64. The highest BCUT2D eigenvalue weighted by Crippen LogP contribution is 2.29. The largest absolute Gasteiger partial charge is 0.370 e. The summed E-state index contributed by atoms with van der Waals surface area (Å²) in [5, 5.41) is 6.72. The Morgan fingerprint density at radius 2 is 1.83 bits per heavy atom. The number of nitrogens with zero attached hydrogens (tertiary/aromatic N) is 2. The first-order chi connectivity index (χ1) is 8.78. The monoisotopic (exact) mass is 248 g/mol. The molecule has 1 aromatic rings. The van der Waals surface area contributed by atoms with Gasteiger partial charge in [-0.3, -0.25) is 0 Å². The van der Waals surface area contributed by atoms with Gasteiger partial charge in [-0.2, -0.15) is 0 Å². The van der Waals surface area contributed by atoms with Crippen LogP contribution in [0.2, 0.25) is 0 Å². The van der Waals surface area contributed by atoms with Crippen molar-refractivity contribution in [3.63, 3.8) is 0 Å². The summed E-state index contributed by atoms with van der Waals surface area (Å²) < 4.78 is 0. The van der Waals surface area contributed by atoms with Gasteiger partial charge in [0.1, 0.15) is 17.5 Å². The Morgan fingerprint density at radius 3 is 2.39 bits per heavy atom. The Bertz CT molecular complexity index is 374. The molecule has 1 fully saturated rings. The predicted molar refractivity (Wildman–Crippen MR) is 76.0 cm³/mol. The molecule has 0 saturated heterocycles. The summed E-state index contributed by atoms with van der Waals surface area (Å²) >= 11 is 0. The summed E-state index contributed by atoms with van der Waals surface area (Å²) in [5.41, 5.74) is 0. The molecule has 0 unspecified atom stereocenters. The standard InChI is InChI=1S/C14H24N4/c1-3-8-15-13-10-14(18-11(2)17-13)16-9-7-12-5-4-6-12/h10,12H,3-9H2,1-2H3,(H2,15,16,17,18). The first-order valence-corrected chi connectivity index (χ1v) is 7.11. The van der Waals surface area contributed by atoms with Crippen molar-refractivity contribution in [1.82, 2.24) is 9.97 Å². The molecule has 0 radical (unpaired) electrons. The molecule has 18 heavy (non-hydrogen) atoms. The zero-order valence-corrected chi connectivity index (χ0v) is 11.5. The Hall–Kier alpha value is -1.32. The molecule has 4 heteroatoms. The smallest absolute Gasteiger partial charge is 0.131 e. The lowest BCUT2D eigenvalue weighted by Crippen LogP contribution is -2.16. The SMILES string of the molecule is CCCNc1cc(NCCC2CCC2)nc(C)n1. The van der Waals surface area contributed by atoms with Crippen LogP contribution in [0.5, 0.6) is 0 Å². The van der Waals surface area contributed by atoms with Gasteiger partial charge in [-0.1, -0.05) is 26.2 Å². The molecule has 1 aliphatic rings. The fraction of sp³-hybridized carbons (Fsp3) is 0.714. The van der Waals surface area contributed by atoms with Gasteiger partial charge in [-0.05, 0) is 25.7 Å². The Morgan fingerprint density at radius 1 is 1.17 bits per heavy atom. The molecule has 1 heterocycles. The van der Waals surface area contributed by atoms with Gasteiger partial charge < -0.3 is 10.6 Å². The zero-order chi connectivity index (χ0) is 12.8. The highest BCUT2D eigenvalue weighted by atomic mass is 15.1. The molecule has 0 atom stereocenters. The van der Waals surface area contributed by atoms with E-state index in [1.54, 1.807) is 0 Å². The van der Waals surface area contributed by atoms with Crippen molar-refractivity contribution in [3.8, 4) is 0 Å². The zero-order valence-electron chi connectivity index (χ0n) is 11.5. The number of rotatable bonds is 7. The van der Waals surface area contributed by atoms with Crippen LogP contribution in [0.15, 0.2) is 6.07 Å². The van der Waals surface area contributed by atoms with Gasteiger partial charge in [-0.15, -0.1) is 0 Å². The molecule has 1 aliphatic carbocycles. The van der Waals surface area contributed by atoms with E-state index < -0.39 is 0 Å². The second kappa shape index (κ2) is 6.57. The Labute approximate surface area is 110 Å². The summed E-state index contributed by atoms with van der Waals surface area (Å²) in [4.78, 5) is 8.80. The third kappa shape index (κ3) is 3.86. The number of anilines is 2. The van der Waals surface area contributed by atoms with Crippen LogP contribution in [0.25, 0.3) is 0 Å². The first kappa shape index (κ1) is 13.1. The van der Waals surface area contributed by atoms with Crippen LogP contribution in [-0.4, -0.2) is 23.1 Å². The van der Waals surface area contributed by atoms with E-state index in [1.165, 1.54) is 25.7 Å². The van der Waals surface area contributed by atoms with Crippen LogP contribution in [-0.2, 0) is 0 Å². The van der Waals surface area contributed by atoms with Crippen LogP contribution >= 0.6 is 0 Å². The third-order valence-corrected chi connectivity index (χ3v) is 3.48. The minimum atomic E-state index is 0.822. The van der Waals surface area contributed by atoms with Crippen LogP contribution in [0.1, 0.15) is 44.9 Å². The first-order valence-electron chi connectivity index (χ1n) is 7.11. The molecule has 2 rings (SSSR count). The molecule has 2 N–H and O–H groups in total. The molecule has 4 nitrogen and oxygen atoms in total. The normalized spacial score (nSPS) is 15.2. The van der Waals surface area contributed by atoms with E-state index in [0.29, 0.717) is 0 Å².